The summed E-state index contributed by atoms with van der Waals surface area (Å²) >= 11 is 0. The summed E-state index contributed by atoms with van der Waals surface area (Å²) in [5.74, 6) is 0.0279. The third-order valence-electron chi connectivity index (χ3n) is 5.71. The number of hydrogen-bond donors (Lipinski definition) is 1. The number of fused-ring (bicyclic) bond motifs is 2. The van der Waals surface area contributed by atoms with Gasteiger partial charge < -0.3 is 19.2 Å². The number of carbonyl (C=O) groups is 1. The van der Waals surface area contributed by atoms with Crippen molar-refractivity contribution in [2.24, 2.45) is 0 Å². The Hall–Kier alpha value is -3.60. The zero-order chi connectivity index (χ0) is 20.0. The van der Waals surface area contributed by atoms with Crippen molar-refractivity contribution in [1.29, 1.82) is 5.26 Å². The second kappa shape index (κ2) is 6.78. The van der Waals surface area contributed by atoms with E-state index in [2.05, 4.69) is 9.97 Å². The molecule has 1 atom stereocenters. The summed E-state index contributed by atoms with van der Waals surface area (Å²) in [5, 5.41) is 9.11. The van der Waals surface area contributed by atoms with Gasteiger partial charge in [0.05, 0.1) is 0 Å². The number of carbonyl (C=O) groups excluding carboxylic acids is 1. The van der Waals surface area contributed by atoms with Gasteiger partial charge in [-0.05, 0) is 36.6 Å². The highest BCUT2D eigenvalue weighted by molar-refractivity contribution is 5.86. The number of rotatable bonds is 2. The van der Waals surface area contributed by atoms with Crippen molar-refractivity contribution in [2.75, 3.05) is 18.0 Å². The van der Waals surface area contributed by atoms with Crippen LogP contribution in [0.4, 0.5) is 6.01 Å². The van der Waals surface area contributed by atoms with Crippen LogP contribution >= 0.6 is 0 Å². The molecular weight excluding hydrogens is 370 g/mol. The minimum atomic E-state index is -0.371. The Bertz CT molecular complexity index is 1170. The Kier molecular flexibility index (Phi) is 4.09. The van der Waals surface area contributed by atoms with E-state index >= 15 is 0 Å². The fourth-order valence-corrected chi connectivity index (χ4v) is 4.22. The number of oxazole rings is 1. The summed E-state index contributed by atoms with van der Waals surface area (Å²) in [5.41, 5.74) is 2.82. The number of para-hydroxylation sites is 2. The van der Waals surface area contributed by atoms with Gasteiger partial charge in [0.25, 0.3) is 11.6 Å². The number of hydrogen-bond acceptors (Lipinski definition) is 6. The first-order chi connectivity index (χ1) is 14.1. The van der Waals surface area contributed by atoms with Gasteiger partial charge in [0.2, 0.25) is 5.91 Å². The van der Waals surface area contributed by atoms with Gasteiger partial charge in [-0.2, -0.15) is 10.2 Å². The molecule has 0 aliphatic carbocycles. The number of anilines is 1. The van der Waals surface area contributed by atoms with E-state index in [9.17, 15) is 9.59 Å². The van der Waals surface area contributed by atoms with Crippen LogP contribution in [0.5, 0.6) is 0 Å². The normalized spacial score (nSPS) is 18.7. The van der Waals surface area contributed by atoms with E-state index in [0.29, 0.717) is 31.1 Å². The summed E-state index contributed by atoms with van der Waals surface area (Å²) in [6.45, 7) is 1.64. The summed E-state index contributed by atoms with van der Waals surface area (Å²) in [4.78, 5) is 36.2. The van der Waals surface area contributed by atoms with Gasteiger partial charge in [0, 0.05) is 31.7 Å². The first-order valence-electron chi connectivity index (χ1n) is 9.70. The van der Waals surface area contributed by atoms with Crippen molar-refractivity contribution in [3.8, 4) is 6.07 Å². The van der Waals surface area contributed by atoms with Crippen LogP contribution in [0, 0.1) is 11.3 Å². The monoisotopic (exact) mass is 389 g/mol. The molecule has 1 fully saturated rings. The molecule has 0 bridgehead atoms. The second-order valence-corrected chi connectivity index (χ2v) is 7.45. The highest BCUT2D eigenvalue weighted by atomic mass is 16.4. The highest BCUT2D eigenvalue weighted by Gasteiger charge is 2.37. The van der Waals surface area contributed by atoms with Gasteiger partial charge in [-0.3, -0.25) is 9.59 Å². The SMILES string of the molecule is N#Cc1cc2c([nH]c1=O)CCN(C(=O)[C@@H]1CCCN1c1nc3ccccc3o1)C2. The average Bonchev–Trinajstić information content (AvgIpc) is 3.39. The van der Waals surface area contributed by atoms with E-state index < -0.39 is 0 Å². The number of aromatic amines is 1. The lowest BCUT2D eigenvalue weighted by molar-refractivity contribution is -0.133. The summed E-state index contributed by atoms with van der Waals surface area (Å²) in [6, 6.07) is 11.2. The Labute approximate surface area is 166 Å². The predicted molar refractivity (Wildman–Crippen MR) is 105 cm³/mol. The molecule has 0 saturated carbocycles. The molecule has 2 aromatic heterocycles. The standard InChI is InChI=1S/C21H19N5O3/c22-11-13-10-14-12-25(9-7-15(14)23-19(13)27)20(28)17-5-3-8-26(17)21-24-16-4-1-2-6-18(16)29-21/h1-2,4,6,10,17H,3,5,7-9,12H2,(H,23,27)/t17-/m0/s1. The maximum absolute atomic E-state index is 13.3. The van der Waals surface area contributed by atoms with Gasteiger partial charge in [0.15, 0.2) is 5.58 Å². The van der Waals surface area contributed by atoms with Gasteiger partial charge in [-0.15, -0.1) is 0 Å². The lowest BCUT2D eigenvalue weighted by Crippen LogP contribution is -2.48. The minimum absolute atomic E-state index is 0.0279. The van der Waals surface area contributed by atoms with Crippen LogP contribution in [0.1, 0.15) is 29.7 Å². The first-order valence-corrected chi connectivity index (χ1v) is 9.70. The molecule has 5 rings (SSSR count). The van der Waals surface area contributed by atoms with Crippen LogP contribution in [0.25, 0.3) is 11.1 Å². The predicted octanol–water partition coefficient (Wildman–Crippen LogP) is 1.94. The van der Waals surface area contributed by atoms with Gasteiger partial charge in [-0.25, -0.2) is 0 Å². The third-order valence-corrected chi connectivity index (χ3v) is 5.71. The molecule has 3 aromatic rings. The molecule has 0 unspecified atom stereocenters. The number of nitrogens with zero attached hydrogens (tertiary/aromatic N) is 4. The number of pyridine rings is 1. The molecule has 8 heteroatoms. The maximum atomic E-state index is 13.3. The molecule has 1 N–H and O–H groups in total. The van der Waals surface area contributed by atoms with Crippen molar-refractivity contribution in [3.63, 3.8) is 0 Å². The lowest BCUT2D eigenvalue weighted by Gasteiger charge is -2.33. The number of nitrogens with one attached hydrogen (secondary N) is 1. The quantitative estimate of drug-likeness (QED) is 0.718. The number of amides is 1. The van der Waals surface area contributed by atoms with Gasteiger partial charge in [-0.1, -0.05) is 12.1 Å². The van der Waals surface area contributed by atoms with Crippen LogP contribution in [0.3, 0.4) is 0 Å². The Balaban J connectivity index is 1.40. The molecule has 0 radical (unpaired) electrons. The van der Waals surface area contributed by atoms with E-state index in [1.54, 1.807) is 11.0 Å². The summed E-state index contributed by atoms with van der Waals surface area (Å²) in [6.07, 6.45) is 2.21. The zero-order valence-electron chi connectivity index (χ0n) is 15.7. The number of aromatic nitrogens is 2. The Morgan fingerprint density at radius 2 is 2.17 bits per heavy atom. The molecule has 4 heterocycles. The van der Waals surface area contributed by atoms with Crippen LogP contribution in [-0.2, 0) is 17.8 Å². The molecule has 29 heavy (non-hydrogen) atoms. The van der Waals surface area contributed by atoms with E-state index in [1.165, 1.54) is 0 Å². The number of nitriles is 1. The molecular formula is C21H19N5O3. The molecule has 1 amide bonds. The topological polar surface area (TPSA) is 106 Å². The van der Waals surface area contributed by atoms with E-state index in [1.807, 2.05) is 35.2 Å². The highest BCUT2D eigenvalue weighted by Crippen LogP contribution is 2.30. The molecule has 0 spiro atoms. The molecule has 8 nitrogen and oxygen atoms in total. The van der Waals surface area contributed by atoms with Crippen molar-refractivity contribution < 1.29 is 9.21 Å². The lowest BCUT2D eigenvalue weighted by atomic mass is 10.0. The van der Waals surface area contributed by atoms with Crippen molar-refractivity contribution in [2.45, 2.75) is 31.8 Å². The van der Waals surface area contributed by atoms with Gasteiger partial charge in [0.1, 0.15) is 23.2 Å². The first kappa shape index (κ1) is 17.5. The van der Waals surface area contributed by atoms with Crippen LogP contribution in [-0.4, -0.2) is 39.9 Å². The summed E-state index contributed by atoms with van der Waals surface area (Å²) in [7, 11) is 0. The average molecular weight is 389 g/mol. The molecule has 2 aliphatic heterocycles. The smallest absolute Gasteiger partial charge is 0.299 e. The molecule has 146 valence electrons. The molecule has 2 aliphatic rings. The van der Waals surface area contributed by atoms with E-state index in [4.69, 9.17) is 9.68 Å². The minimum Gasteiger partial charge on any atom is -0.423 e. The third kappa shape index (κ3) is 2.95. The van der Waals surface area contributed by atoms with E-state index in [-0.39, 0.29) is 23.1 Å². The van der Waals surface area contributed by atoms with Crippen molar-refractivity contribution in [1.82, 2.24) is 14.9 Å². The molecule has 1 aromatic carbocycles. The van der Waals surface area contributed by atoms with Crippen molar-refractivity contribution in [3.05, 3.63) is 57.5 Å². The second-order valence-electron chi connectivity index (χ2n) is 7.45. The fourth-order valence-electron chi connectivity index (χ4n) is 4.22. The van der Waals surface area contributed by atoms with Gasteiger partial charge >= 0.3 is 0 Å². The van der Waals surface area contributed by atoms with E-state index in [0.717, 1.165) is 36.2 Å². The fraction of sp³-hybridized carbons (Fsp3) is 0.333. The van der Waals surface area contributed by atoms with Crippen LogP contribution < -0.4 is 10.5 Å². The summed E-state index contributed by atoms with van der Waals surface area (Å²) < 4.78 is 5.89. The van der Waals surface area contributed by atoms with Crippen LogP contribution in [0.15, 0.2) is 39.5 Å². The van der Waals surface area contributed by atoms with Crippen LogP contribution in [0.2, 0.25) is 0 Å². The maximum Gasteiger partial charge on any atom is 0.299 e. The number of benzene rings is 1. The zero-order valence-corrected chi connectivity index (χ0v) is 15.7. The number of H-pyrrole nitrogens is 1. The molecule has 1 saturated heterocycles. The largest absolute Gasteiger partial charge is 0.423 e. The van der Waals surface area contributed by atoms with Crippen molar-refractivity contribution >= 4 is 23.0 Å². The Morgan fingerprint density at radius 1 is 1.31 bits per heavy atom. The Morgan fingerprint density at radius 3 is 3.00 bits per heavy atom.